The third-order valence-electron chi connectivity index (χ3n) is 3.90. The fourth-order valence-electron chi connectivity index (χ4n) is 2.65. The summed E-state index contributed by atoms with van der Waals surface area (Å²) in [5, 5.41) is 0. The molecule has 2 rings (SSSR count). The summed E-state index contributed by atoms with van der Waals surface area (Å²) >= 11 is 3.17. The molecule has 2 N–H and O–H groups in total. The number of nitrogens with zero attached hydrogens (tertiary/aromatic N) is 1. The summed E-state index contributed by atoms with van der Waals surface area (Å²) in [4.78, 5) is 0.171. The molecule has 0 amide bonds. The summed E-state index contributed by atoms with van der Waals surface area (Å²) in [6, 6.07) is 1.58. The highest BCUT2D eigenvalue weighted by Crippen LogP contribution is 2.31. The minimum atomic E-state index is -3.54. The lowest BCUT2D eigenvalue weighted by Gasteiger charge is -2.25. The highest BCUT2D eigenvalue weighted by molar-refractivity contribution is 9.10. The second-order valence-electron chi connectivity index (χ2n) is 5.22. The Bertz CT molecular complexity index is 548. The molecule has 0 bridgehead atoms. The van der Waals surface area contributed by atoms with Crippen LogP contribution >= 0.6 is 15.9 Å². The second kappa shape index (κ2) is 6.60. The summed E-state index contributed by atoms with van der Waals surface area (Å²) in [5.74, 6) is 0.463. The van der Waals surface area contributed by atoms with Gasteiger partial charge in [-0.15, -0.1) is 0 Å². The Labute approximate surface area is 128 Å². The molecule has 0 atom stereocenters. The maximum Gasteiger partial charge on any atom is 0.247 e. The van der Waals surface area contributed by atoms with E-state index in [0.29, 0.717) is 5.76 Å². The van der Waals surface area contributed by atoms with Crippen molar-refractivity contribution in [3.63, 3.8) is 0 Å². The molecule has 1 heterocycles. The topological polar surface area (TPSA) is 76.5 Å². The first kappa shape index (κ1) is 16.0. The standard InChI is InChI=1S/C13H21BrN2O3S/c1-16(10-6-4-2-3-5-7-10)20(17,18)12-8-11(9-15)19-13(12)14/h8,10H,2-7,9,15H2,1H3. The van der Waals surface area contributed by atoms with Crippen molar-refractivity contribution in [2.45, 2.75) is 56.0 Å². The first-order chi connectivity index (χ1) is 9.46. The highest BCUT2D eigenvalue weighted by atomic mass is 79.9. The molecular weight excluding hydrogens is 344 g/mol. The van der Waals surface area contributed by atoms with E-state index in [2.05, 4.69) is 15.9 Å². The molecule has 1 aromatic heterocycles. The fraction of sp³-hybridized carbons (Fsp3) is 0.692. The van der Waals surface area contributed by atoms with Crippen LogP contribution in [0.1, 0.15) is 44.3 Å². The van der Waals surface area contributed by atoms with Crippen LogP contribution in [0.2, 0.25) is 0 Å². The van der Waals surface area contributed by atoms with Crippen LogP contribution in [0.25, 0.3) is 0 Å². The van der Waals surface area contributed by atoms with E-state index in [1.165, 1.54) is 23.2 Å². The zero-order valence-electron chi connectivity index (χ0n) is 11.6. The van der Waals surface area contributed by atoms with Gasteiger partial charge in [-0.25, -0.2) is 8.42 Å². The number of hydrogen-bond acceptors (Lipinski definition) is 4. The van der Waals surface area contributed by atoms with Crippen molar-refractivity contribution in [2.75, 3.05) is 7.05 Å². The molecule has 1 aliphatic rings. The van der Waals surface area contributed by atoms with Gasteiger partial charge in [0.25, 0.3) is 0 Å². The number of nitrogens with two attached hydrogens (primary N) is 1. The van der Waals surface area contributed by atoms with Gasteiger partial charge in [0, 0.05) is 19.2 Å². The predicted molar refractivity (Wildman–Crippen MR) is 80.7 cm³/mol. The van der Waals surface area contributed by atoms with Crippen molar-refractivity contribution in [2.24, 2.45) is 5.73 Å². The Balaban J connectivity index is 2.25. The third-order valence-corrected chi connectivity index (χ3v) is 6.67. The van der Waals surface area contributed by atoms with Crippen molar-refractivity contribution in [3.8, 4) is 0 Å². The van der Waals surface area contributed by atoms with Gasteiger partial charge in [0.05, 0.1) is 6.54 Å². The first-order valence-corrected chi connectivity index (χ1v) is 9.16. The smallest absolute Gasteiger partial charge is 0.247 e. The van der Waals surface area contributed by atoms with Crippen molar-refractivity contribution in [3.05, 3.63) is 16.5 Å². The van der Waals surface area contributed by atoms with Crippen LogP contribution in [0.3, 0.4) is 0 Å². The lowest BCUT2D eigenvalue weighted by atomic mass is 10.1. The summed E-state index contributed by atoms with van der Waals surface area (Å²) in [7, 11) is -1.88. The van der Waals surface area contributed by atoms with Crippen LogP contribution in [0.4, 0.5) is 0 Å². The van der Waals surface area contributed by atoms with Gasteiger partial charge in [-0.3, -0.25) is 0 Å². The summed E-state index contributed by atoms with van der Waals surface area (Å²) in [6.45, 7) is 0.182. The number of hydrogen-bond donors (Lipinski definition) is 1. The molecule has 114 valence electrons. The molecule has 0 aliphatic heterocycles. The van der Waals surface area contributed by atoms with Crippen LogP contribution in [0, 0.1) is 0 Å². The van der Waals surface area contributed by atoms with Crippen LogP contribution < -0.4 is 5.73 Å². The Morgan fingerprint density at radius 3 is 2.45 bits per heavy atom. The first-order valence-electron chi connectivity index (χ1n) is 6.93. The Kier molecular flexibility index (Phi) is 5.28. The van der Waals surface area contributed by atoms with Gasteiger partial charge in [-0.05, 0) is 28.8 Å². The molecule has 0 saturated heterocycles. The van der Waals surface area contributed by atoms with Crippen molar-refractivity contribution in [1.29, 1.82) is 0 Å². The van der Waals surface area contributed by atoms with E-state index in [4.69, 9.17) is 10.2 Å². The predicted octanol–water partition coefficient (Wildman–Crippen LogP) is 2.84. The zero-order valence-corrected chi connectivity index (χ0v) is 14.0. The van der Waals surface area contributed by atoms with E-state index in [-0.39, 0.29) is 22.2 Å². The molecule has 1 saturated carbocycles. The highest BCUT2D eigenvalue weighted by Gasteiger charge is 2.31. The van der Waals surface area contributed by atoms with Gasteiger partial charge < -0.3 is 10.2 Å². The molecule has 5 nitrogen and oxygen atoms in total. The Morgan fingerprint density at radius 1 is 1.35 bits per heavy atom. The summed E-state index contributed by atoms with van der Waals surface area (Å²) in [6.07, 6.45) is 6.41. The average molecular weight is 365 g/mol. The van der Waals surface area contributed by atoms with Crippen molar-refractivity contribution < 1.29 is 12.8 Å². The maximum absolute atomic E-state index is 12.7. The number of halogens is 1. The van der Waals surface area contributed by atoms with Gasteiger partial charge in [0.1, 0.15) is 10.7 Å². The molecular formula is C13H21BrN2O3S. The minimum Gasteiger partial charge on any atom is -0.452 e. The summed E-state index contributed by atoms with van der Waals surface area (Å²) in [5.41, 5.74) is 5.49. The number of rotatable bonds is 4. The number of sulfonamides is 1. The Morgan fingerprint density at radius 2 is 1.95 bits per heavy atom. The molecule has 0 aromatic carbocycles. The van der Waals surface area contributed by atoms with E-state index >= 15 is 0 Å². The van der Waals surface area contributed by atoms with Crippen LogP contribution in [0.5, 0.6) is 0 Å². The van der Waals surface area contributed by atoms with E-state index in [1.807, 2.05) is 0 Å². The summed E-state index contributed by atoms with van der Waals surface area (Å²) < 4.78 is 32.4. The fourth-order valence-corrected chi connectivity index (χ4v) is 5.02. The molecule has 1 aliphatic carbocycles. The van der Waals surface area contributed by atoms with Gasteiger partial charge in [0.15, 0.2) is 4.67 Å². The second-order valence-corrected chi connectivity index (χ2v) is 7.91. The molecule has 0 unspecified atom stereocenters. The minimum absolute atomic E-state index is 0.0747. The SMILES string of the molecule is CN(C1CCCCCC1)S(=O)(=O)c1cc(CN)oc1Br. The van der Waals surface area contributed by atoms with Crippen LogP contribution in [-0.2, 0) is 16.6 Å². The quantitative estimate of drug-likeness (QED) is 0.833. The largest absolute Gasteiger partial charge is 0.452 e. The van der Waals surface area contributed by atoms with E-state index < -0.39 is 10.0 Å². The normalized spacial score (nSPS) is 18.4. The van der Waals surface area contributed by atoms with E-state index in [1.54, 1.807) is 7.05 Å². The van der Waals surface area contributed by atoms with Crippen molar-refractivity contribution in [1.82, 2.24) is 4.31 Å². The van der Waals surface area contributed by atoms with Crippen molar-refractivity contribution >= 4 is 26.0 Å². The van der Waals surface area contributed by atoms with E-state index in [9.17, 15) is 8.42 Å². The molecule has 0 radical (unpaired) electrons. The van der Waals surface area contributed by atoms with Crippen LogP contribution in [0.15, 0.2) is 20.0 Å². The van der Waals surface area contributed by atoms with E-state index in [0.717, 1.165) is 25.7 Å². The zero-order chi connectivity index (χ0) is 14.8. The average Bonchev–Trinajstić information content (AvgIpc) is 2.64. The molecule has 1 aromatic rings. The Hall–Kier alpha value is -0.370. The molecule has 1 fully saturated rings. The monoisotopic (exact) mass is 364 g/mol. The van der Waals surface area contributed by atoms with Gasteiger partial charge in [-0.1, -0.05) is 25.7 Å². The van der Waals surface area contributed by atoms with Crippen LogP contribution in [-0.4, -0.2) is 25.8 Å². The van der Waals surface area contributed by atoms with Gasteiger partial charge >= 0.3 is 0 Å². The molecule has 20 heavy (non-hydrogen) atoms. The third kappa shape index (κ3) is 3.27. The molecule has 0 spiro atoms. The number of furan rings is 1. The van der Waals surface area contributed by atoms with Gasteiger partial charge in [-0.2, -0.15) is 4.31 Å². The van der Waals surface area contributed by atoms with Gasteiger partial charge in [0.2, 0.25) is 10.0 Å². The maximum atomic E-state index is 12.7. The molecule has 7 heteroatoms. The lowest BCUT2D eigenvalue weighted by molar-refractivity contribution is 0.335. The lowest BCUT2D eigenvalue weighted by Crippen LogP contribution is -2.36.